The molecule has 2 atom stereocenters. The molecule has 0 N–H and O–H groups in total. The summed E-state index contributed by atoms with van der Waals surface area (Å²) in [5.74, 6) is 1.78. The Kier molecular flexibility index (Phi) is 5.83. The van der Waals surface area contributed by atoms with E-state index in [0.717, 1.165) is 18.3 Å². The molecule has 2 unspecified atom stereocenters. The SMILES string of the molecule is [CH2-]CC1([CH2-])CCC(CC(C)C)C1.[W+2]. The van der Waals surface area contributed by atoms with E-state index in [1.54, 1.807) is 0 Å². The third-order valence-electron chi connectivity index (χ3n) is 3.14. The predicted octanol–water partition coefficient (Wildman–Crippen LogP) is 3.87. The fraction of sp³-hybridized carbons (Fsp3) is 0.833. The van der Waals surface area contributed by atoms with Gasteiger partial charge in [0, 0.05) is 0 Å². The summed E-state index contributed by atoms with van der Waals surface area (Å²) in [6.45, 7) is 12.9. The van der Waals surface area contributed by atoms with Crippen LogP contribution in [-0.4, -0.2) is 0 Å². The second-order valence-electron chi connectivity index (χ2n) is 4.99. The topological polar surface area (TPSA) is 0 Å². The maximum absolute atomic E-state index is 4.28. The van der Waals surface area contributed by atoms with E-state index in [0.29, 0.717) is 5.41 Å². The van der Waals surface area contributed by atoms with Crippen molar-refractivity contribution < 1.29 is 21.1 Å². The molecule has 13 heavy (non-hydrogen) atoms. The molecule has 0 radical (unpaired) electrons. The fourth-order valence-corrected chi connectivity index (χ4v) is 2.42. The van der Waals surface area contributed by atoms with Crippen LogP contribution in [-0.2, 0) is 21.1 Å². The molecular weight excluding hydrogens is 328 g/mol. The first-order chi connectivity index (χ1) is 5.56. The molecule has 0 aromatic heterocycles. The zero-order valence-electron chi connectivity index (χ0n) is 9.01. The maximum atomic E-state index is 4.28. The Morgan fingerprint density at radius 1 is 1.46 bits per heavy atom. The van der Waals surface area contributed by atoms with E-state index in [1.165, 1.54) is 25.7 Å². The first-order valence-electron chi connectivity index (χ1n) is 5.20. The van der Waals surface area contributed by atoms with Crippen molar-refractivity contribution in [1.82, 2.24) is 0 Å². The average molecular weight is 350 g/mol. The molecule has 0 nitrogen and oxygen atoms in total. The van der Waals surface area contributed by atoms with Gasteiger partial charge in [0.2, 0.25) is 0 Å². The molecule has 0 spiro atoms. The summed E-state index contributed by atoms with van der Waals surface area (Å²) in [5, 5.41) is 0. The Balaban J connectivity index is 0.00000144. The first-order valence-corrected chi connectivity index (χ1v) is 5.20. The monoisotopic (exact) mass is 350 g/mol. The number of hydrogen-bond acceptors (Lipinski definition) is 0. The fourth-order valence-electron chi connectivity index (χ4n) is 2.42. The van der Waals surface area contributed by atoms with Gasteiger partial charge in [-0.1, -0.05) is 33.1 Å². The van der Waals surface area contributed by atoms with E-state index in [9.17, 15) is 0 Å². The Hall–Kier alpha value is 0.688. The standard InChI is InChI=1S/C12H22.W/c1-5-12(4)7-6-11(9-12)8-10(2)3;/h10-11H,1,4-9H2,2-3H3;/q-2;+2. The number of hydrogen-bond donors (Lipinski definition) is 0. The van der Waals surface area contributed by atoms with E-state index in [1.807, 2.05) is 0 Å². The van der Waals surface area contributed by atoms with Crippen molar-refractivity contribution in [3.8, 4) is 0 Å². The summed E-state index contributed by atoms with van der Waals surface area (Å²) in [6, 6.07) is 0. The van der Waals surface area contributed by atoms with Crippen LogP contribution in [0.3, 0.4) is 0 Å². The van der Waals surface area contributed by atoms with Gasteiger partial charge in [0.15, 0.2) is 0 Å². The third-order valence-corrected chi connectivity index (χ3v) is 3.14. The van der Waals surface area contributed by atoms with E-state index < -0.39 is 0 Å². The van der Waals surface area contributed by atoms with Gasteiger partial charge < -0.3 is 13.8 Å². The molecule has 1 saturated carbocycles. The largest absolute Gasteiger partial charge is 2.00 e. The molecule has 0 saturated heterocycles. The van der Waals surface area contributed by atoms with Gasteiger partial charge in [-0.3, -0.25) is 0 Å². The van der Waals surface area contributed by atoms with Gasteiger partial charge in [-0.2, -0.15) is 5.41 Å². The molecule has 1 fully saturated rings. The van der Waals surface area contributed by atoms with Crippen molar-refractivity contribution >= 4 is 0 Å². The third kappa shape index (κ3) is 4.15. The van der Waals surface area contributed by atoms with Crippen LogP contribution in [0.5, 0.6) is 0 Å². The van der Waals surface area contributed by atoms with Crippen LogP contribution in [0.25, 0.3) is 0 Å². The van der Waals surface area contributed by atoms with E-state index in [2.05, 4.69) is 27.7 Å². The summed E-state index contributed by atoms with van der Waals surface area (Å²) in [7, 11) is 0. The molecular formula is C12H22W. The van der Waals surface area contributed by atoms with Crippen molar-refractivity contribution in [3.05, 3.63) is 13.8 Å². The predicted molar refractivity (Wildman–Crippen MR) is 54.6 cm³/mol. The molecule has 0 bridgehead atoms. The zero-order valence-corrected chi connectivity index (χ0v) is 11.9. The van der Waals surface area contributed by atoms with E-state index >= 15 is 0 Å². The minimum Gasteiger partial charge on any atom is -0.345 e. The molecule has 1 rings (SSSR count). The van der Waals surface area contributed by atoms with Gasteiger partial charge in [-0.25, -0.2) is 6.42 Å². The van der Waals surface area contributed by atoms with Gasteiger partial charge in [0.05, 0.1) is 0 Å². The first kappa shape index (κ1) is 13.7. The van der Waals surface area contributed by atoms with Gasteiger partial charge in [-0.15, -0.1) is 0 Å². The molecule has 1 aliphatic carbocycles. The molecule has 1 heteroatoms. The maximum Gasteiger partial charge on any atom is 2.00 e. The van der Waals surface area contributed by atoms with Crippen LogP contribution in [0.15, 0.2) is 0 Å². The second kappa shape index (κ2) is 5.54. The zero-order chi connectivity index (χ0) is 9.19. The van der Waals surface area contributed by atoms with E-state index in [-0.39, 0.29) is 21.1 Å². The molecule has 0 aliphatic heterocycles. The summed E-state index contributed by atoms with van der Waals surface area (Å²) in [5.41, 5.74) is 0.333. The van der Waals surface area contributed by atoms with Gasteiger partial charge >= 0.3 is 21.1 Å². The summed E-state index contributed by atoms with van der Waals surface area (Å²) < 4.78 is 0. The normalized spacial score (nSPS) is 33.5. The van der Waals surface area contributed by atoms with Crippen molar-refractivity contribution in [2.75, 3.05) is 0 Å². The van der Waals surface area contributed by atoms with Crippen LogP contribution in [0, 0.1) is 31.1 Å². The quantitative estimate of drug-likeness (QED) is 0.678. The van der Waals surface area contributed by atoms with Crippen LogP contribution in [0.1, 0.15) is 46.0 Å². The summed E-state index contributed by atoms with van der Waals surface area (Å²) in [4.78, 5) is 0. The van der Waals surface area contributed by atoms with Crippen molar-refractivity contribution in [2.24, 2.45) is 17.3 Å². The van der Waals surface area contributed by atoms with Crippen LogP contribution in [0.4, 0.5) is 0 Å². The summed E-state index contributed by atoms with van der Waals surface area (Å²) >= 11 is 0. The Morgan fingerprint density at radius 2 is 2.08 bits per heavy atom. The Bertz CT molecular complexity index is 142. The minimum atomic E-state index is 0. The summed E-state index contributed by atoms with van der Waals surface area (Å²) in [6.07, 6.45) is 6.40. The molecule has 0 amide bonds. The van der Waals surface area contributed by atoms with Crippen molar-refractivity contribution in [2.45, 2.75) is 46.0 Å². The second-order valence-corrected chi connectivity index (χ2v) is 4.99. The molecule has 0 aromatic rings. The van der Waals surface area contributed by atoms with Gasteiger partial charge in [0.1, 0.15) is 0 Å². The van der Waals surface area contributed by atoms with Crippen molar-refractivity contribution in [3.63, 3.8) is 0 Å². The molecule has 0 heterocycles. The number of rotatable bonds is 3. The van der Waals surface area contributed by atoms with Crippen LogP contribution in [0.2, 0.25) is 0 Å². The molecule has 0 aromatic carbocycles. The van der Waals surface area contributed by atoms with Crippen molar-refractivity contribution in [1.29, 1.82) is 0 Å². The van der Waals surface area contributed by atoms with E-state index in [4.69, 9.17) is 0 Å². The Morgan fingerprint density at radius 3 is 2.46 bits per heavy atom. The van der Waals surface area contributed by atoms with Crippen LogP contribution < -0.4 is 0 Å². The minimum absolute atomic E-state index is 0. The molecule has 76 valence electrons. The van der Waals surface area contributed by atoms with Crippen LogP contribution >= 0.6 is 0 Å². The molecule has 1 aliphatic rings. The van der Waals surface area contributed by atoms with Gasteiger partial charge in [0.25, 0.3) is 0 Å². The average Bonchev–Trinajstić information content (AvgIpc) is 2.32. The smallest absolute Gasteiger partial charge is 0.345 e. The van der Waals surface area contributed by atoms with Gasteiger partial charge in [-0.05, 0) is 18.3 Å². The Labute approximate surface area is 98.1 Å².